The van der Waals surface area contributed by atoms with Crippen molar-refractivity contribution in [1.82, 2.24) is 14.8 Å². The number of hydrogen-bond donors (Lipinski definition) is 1. The fraction of sp³-hybridized carbons (Fsp3) is 0. The number of nitrogens with two attached hydrogens (primary N) is 1. The molecule has 0 amide bonds. The standard InChI is InChI=1S/C8H5F3N4/c9-4-1-5(10)7(11)6(2-4)15-3-13-8(12)14-15/h1-3H,(H2,12,14). The maximum Gasteiger partial charge on any atom is 0.239 e. The Kier molecular flexibility index (Phi) is 2.07. The highest BCUT2D eigenvalue weighted by Gasteiger charge is 2.13. The lowest BCUT2D eigenvalue weighted by atomic mass is 10.3. The van der Waals surface area contributed by atoms with Crippen LogP contribution < -0.4 is 5.73 Å². The Morgan fingerprint density at radius 1 is 1.20 bits per heavy atom. The third-order valence-electron chi connectivity index (χ3n) is 1.73. The van der Waals surface area contributed by atoms with Gasteiger partial charge in [-0.05, 0) is 0 Å². The van der Waals surface area contributed by atoms with E-state index < -0.39 is 17.5 Å². The second kappa shape index (κ2) is 3.26. The minimum Gasteiger partial charge on any atom is -0.366 e. The Morgan fingerprint density at radius 3 is 2.53 bits per heavy atom. The number of aromatic nitrogens is 3. The smallest absolute Gasteiger partial charge is 0.239 e. The topological polar surface area (TPSA) is 56.7 Å². The molecule has 7 heteroatoms. The average Bonchev–Trinajstić information content (AvgIpc) is 2.58. The van der Waals surface area contributed by atoms with Crippen LogP contribution in [0, 0.1) is 17.5 Å². The van der Waals surface area contributed by atoms with Gasteiger partial charge in [-0.15, -0.1) is 5.10 Å². The summed E-state index contributed by atoms with van der Waals surface area (Å²) in [5.41, 5.74) is 4.81. The van der Waals surface area contributed by atoms with Gasteiger partial charge in [-0.25, -0.2) is 22.8 Å². The third kappa shape index (κ3) is 1.63. The van der Waals surface area contributed by atoms with Crippen LogP contribution in [0.25, 0.3) is 5.69 Å². The van der Waals surface area contributed by atoms with Crippen LogP contribution in [0.4, 0.5) is 19.1 Å². The summed E-state index contributed by atoms with van der Waals surface area (Å²) in [5.74, 6) is -3.52. The van der Waals surface area contributed by atoms with Gasteiger partial charge in [-0.1, -0.05) is 0 Å². The van der Waals surface area contributed by atoms with E-state index in [9.17, 15) is 13.2 Å². The highest BCUT2D eigenvalue weighted by atomic mass is 19.2. The molecule has 2 rings (SSSR count). The molecule has 0 aliphatic rings. The van der Waals surface area contributed by atoms with Crippen LogP contribution in [0.5, 0.6) is 0 Å². The molecule has 0 radical (unpaired) electrons. The van der Waals surface area contributed by atoms with E-state index >= 15 is 0 Å². The largest absolute Gasteiger partial charge is 0.366 e. The number of nitrogen functional groups attached to an aromatic ring is 1. The first-order valence-corrected chi connectivity index (χ1v) is 3.90. The Hall–Kier alpha value is -2.05. The van der Waals surface area contributed by atoms with E-state index in [0.29, 0.717) is 6.07 Å². The zero-order chi connectivity index (χ0) is 11.0. The van der Waals surface area contributed by atoms with Gasteiger partial charge in [0.05, 0.1) is 0 Å². The Morgan fingerprint density at radius 2 is 1.93 bits per heavy atom. The van der Waals surface area contributed by atoms with Crippen molar-refractivity contribution in [3.05, 3.63) is 35.9 Å². The highest BCUT2D eigenvalue weighted by molar-refractivity contribution is 5.34. The molecule has 78 valence electrons. The SMILES string of the molecule is Nc1ncn(-c2cc(F)cc(F)c2F)n1. The summed E-state index contributed by atoms with van der Waals surface area (Å²) < 4.78 is 39.7. The van der Waals surface area contributed by atoms with Gasteiger partial charge in [-0.2, -0.15) is 0 Å². The second-order valence-electron chi connectivity index (χ2n) is 2.77. The van der Waals surface area contributed by atoms with Gasteiger partial charge in [-0.3, -0.25) is 0 Å². The molecule has 0 unspecified atom stereocenters. The number of hydrogen-bond acceptors (Lipinski definition) is 3. The van der Waals surface area contributed by atoms with Crippen molar-refractivity contribution in [2.75, 3.05) is 5.73 Å². The highest BCUT2D eigenvalue weighted by Crippen LogP contribution is 2.17. The van der Waals surface area contributed by atoms with Crippen molar-refractivity contribution in [3.8, 4) is 5.69 Å². The van der Waals surface area contributed by atoms with Crippen LogP contribution >= 0.6 is 0 Å². The maximum atomic E-state index is 13.2. The van der Waals surface area contributed by atoms with Gasteiger partial charge in [0.25, 0.3) is 0 Å². The molecule has 0 saturated heterocycles. The average molecular weight is 214 g/mol. The lowest BCUT2D eigenvalue weighted by Crippen LogP contribution is -2.02. The van der Waals surface area contributed by atoms with E-state index in [1.54, 1.807) is 0 Å². The second-order valence-corrected chi connectivity index (χ2v) is 2.77. The molecule has 0 spiro atoms. The van der Waals surface area contributed by atoms with Crippen molar-refractivity contribution in [2.45, 2.75) is 0 Å². The van der Waals surface area contributed by atoms with Crippen LogP contribution in [0.3, 0.4) is 0 Å². The van der Waals surface area contributed by atoms with Crippen LogP contribution in [0.15, 0.2) is 18.5 Å². The quantitative estimate of drug-likeness (QED) is 0.727. The molecule has 1 aromatic heterocycles. The molecule has 0 saturated carbocycles. The van der Waals surface area contributed by atoms with E-state index in [-0.39, 0.29) is 11.6 Å². The van der Waals surface area contributed by atoms with E-state index in [4.69, 9.17) is 5.73 Å². The normalized spacial score (nSPS) is 10.6. The number of nitrogens with zero attached hydrogens (tertiary/aromatic N) is 3. The lowest BCUT2D eigenvalue weighted by molar-refractivity contribution is 0.487. The summed E-state index contributed by atoms with van der Waals surface area (Å²) >= 11 is 0. The molecule has 0 bridgehead atoms. The fourth-order valence-corrected chi connectivity index (χ4v) is 1.10. The molecule has 0 fully saturated rings. The first kappa shape index (κ1) is 9.50. The number of halogens is 3. The van der Waals surface area contributed by atoms with E-state index in [2.05, 4.69) is 10.1 Å². The van der Waals surface area contributed by atoms with Gasteiger partial charge >= 0.3 is 0 Å². The molecule has 4 nitrogen and oxygen atoms in total. The predicted molar refractivity (Wildman–Crippen MR) is 45.6 cm³/mol. The molecular formula is C8H5F3N4. The zero-order valence-corrected chi connectivity index (χ0v) is 7.28. The van der Waals surface area contributed by atoms with Crippen molar-refractivity contribution in [3.63, 3.8) is 0 Å². The van der Waals surface area contributed by atoms with Crippen LogP contribution in [0.2, 0.25) is 0 Å². The minimum atomic E-state index is -1.29. The number of anilines is 1. The van der Waals surface area contributed by atoms with Crippen LogP contribution in [-0.4, -0.2) is 14.8 Å². The van der Waals surface area contributed by atoms with Gasteiger partial charge < -0.3 is 5.73 Å². The van der Waals surface area contributed by atoms with E-state index in [1.165, 1.54) is 0 Å². The summed E-state index contributed by atoms with van der Waals surface area (Å²) in [5, 5.41) is 3.53. The van der Waals surface area contributed by atoms with Crippen molar-refractivity contribution < 1.29 is 13.2 Å². The van der Waals surface area contributed by atoms with Gasteiger partial charge in [0.2, 0.25) is 5.95 Å². The Labute approximate surface area is 82.2 Å². The van der Waals surface area contributed by atoms with Crippen molar-refractivity contribution >= 4 is 5.95 Å². The first-order valence-electron chi connectivity index (χ1n) is 3.90. The molecule has 1 aromatic carbocycles. The number of rotatable bonds is 1. The van der Waals surface area contributed by atoms with Gasteiger partial charge in [0, 0.05) is 12.1 Å². The van der Waals surface area contributed by atoms with E-state index in [1.807, 2.05) is 0 Å². The molecule has 0 atom stereocenters. The summed E-state index contributed by atoms with van der Waals surface area (Å²) in [6, 6.07) is 1.24. The van der Waals surface area contributed by atoms with Crippen molar-refractivity contribution in [2.24, 2.45) is 0 Å². The fourth-order valence-electron chi connectivity index (χ4n) is 1.10. The minimum absolute atomic E-state index is 0.112. The summed E-state index contributed by atoms with van der Waals surface area (Å²) in [6.45, 7) is 0. The monoisotopic (exact) mass is 214 g/mol. The summed E-state index contributed by atoms with van der Waals surface area (Å²) in [6.07, 6.45) is 1.06. The zero-order valence-electron chi connectivity index (χ0n) is 7.28. The first-order chi connectivity index (χ1) is 7.08. The van der Waals surface area contributed by atoms with E-state index in [0.717, 1.165) is 17.1 Å². The van der Waals surface area contributed by atoms with Crippen LogP contribution in [0.1, 0.15) is 0 Å². The predicted octanol–water partition coefficient (Wildman–Crippen LogP) is 1.27. The summed E-state index contributed by atoms with van der Waals surface area (Å²) in [7, 11) is 0. The van der Waals surface area contributed by atoms with Crippen molar-refractivity contribution in [1.29, 1.82) is 0 Å². The lowest BCUT2D eigenvalue weighted by Gasteiger charge is -2.02. The molecule has 0 aliphatic heterocycles. The number of benzene rings is 1. The Balaban J connectivity index is 2.62. The molecule has 2 aromatic rings. The Bertz CT molecular complexity index is 509. The molecule has 0 aliphatic carbocycles. The van der Waals surface area contributed by atoms with Gasteiger partial charge in [0.15, 0.2) is 11.6 Å². The molecular weight excluding hydrogens is 209 g/mol. The van der Waals surface area contributed by atoms with Crippen LogP contribution in [-0.2, 0) is 0 Å². The summed E-state index contributed by atoms with van der Waals surface area (Å²) in [4.78, 5) is 3.51. The maximum absolute atomic E-state index is 13.2. The van der Waals surface area contributed by atoms with Gasteiger partial charge in [0.1, 0.15) is 17.8 Å². The molecule has 1 heterocycles. The third-order valence-corrected chi connectivity index (χ3v) is 1.73. The molecule has 15 heavy (non-hydrogen) atoms. The molecule has 2 N–H and O–H groups in total.